The maximum absolute atomic E-state index is 10.9. The fourth-order valence-corrected chi connectivity index (χ4v) is 1.37. The summed E-state index contributed by atoms with van der Waals surface area (Å²) in [6.07, 6.45) is -0.502. The number of hydrogen-bond acceptors (Lipinski definition) is 3. The predicted molar refractivity (Wildman–Crippen MR) is 55.5 cm³/mol. The minimum absolute atomic E-state index is 0.0332. The van der Waals surface area contributed by atoms with Crippen LogP contribution in [0.5, 0.6) is 5.75 Å². The number of hydrogen-bond donors (Lipinski definition) is 3. The van der Waals surface area contributed by atoms with E-state index >= 15 is 0 Å². The molecule has 0 radical (unpaired) electrons. The van der Waals surface area contributed by atoms with Crippen molar-refractivity contribution in [2.24, 2.45) is 0 Å². The maximum atomic E-state index is 10.9. The van der Waals surface area contributed by atoms with E-state index in [2.05, 4.69) is 0 Å². The third-order valence-corrected chi connectivity index (χ3v) is 2.31. The number of carbonyl (C=O) groups is 2. The Balaban J connectivity index is 3.06. The summed E-state index contributed by atoms with van der Waals surface area (Å²) < 4.78 is 0. The summed E-state index contributed by atoms with van der Waals surface area (Å²) >= 11 is 0. The molecular formula is C11H12O5. The molecule has 1 atom stereocenters. The summed E-state index contributed by atoms with van der Waals surface area (Å²) in [5, 5.41) is 26.9. The minimum atomic E-state index is -1.22. The minimum Gasteiger partial charge on any atom is -0.508 e. The zero-order chi connectivity index (χ0) is 12.3. The van der Waals surface area contributed by atoms with Crippen molar-refractivity contribution < 1.29 is 24.9 Å². The summed E-state index contributed by atoms with van der Waals surface area (Å²) in [4.78, 5) is 21.4. The first-order valence-electron chi connectivity index (χ1n) is 4.66. The highest BCUT2D eigenvalue weighted by atomic mass is 16.4. The number of aliphatic carboxylic acids is 2. The van der Waals surface area contributed by atoms with E-state index in [0.717, 1.165) is 0 Å². The van der Waals surface area contributed by atoms with Crippen LogP contribution < -0.4 is 0 Å². The van der Waals surface area contributed by atoms with E-state index in [-0.39, 0.29) is 11.3 Å². The summed E-state index contributed by atoms with van der Waals surface area (Å²) in [5.74, 6) is -3.57. The Hall–Kier alpha value is -2.04. The summed E-state index contributed by atoms with van der Waals surface area (Å²) in [6.45, 7) is 1.67. The zero-order valence-electron chi connectivity index (χ0n) is 8.67. The van der Waals surface area contributed by atoms with E-state index in [1.54, 1.807) is 13.0 Å². The molecule has 0 fully saturated rings. The third kappa shape index (κ3) is 2.73. The van der Waals surface area contributed by atoms with Crippen LogP contribution in [0.2, 0.25) is 0 Å². The first-order chi connectivity index (χ1) is 7.41. The van der Waals surface area contributed by atoms with Crippen LogP contribution in [0.4, 0.5) is 0 Å². The van der Waals surface area contributed by atoms with Crippen molar-refractivity contribution in [1.29, 1.82) is 0 Å². The van der Waals surface area contributed by atoms with E-state index in [9.17, 15) is 14.7 Å². The highest BCUT2D eigenvalue weighted by molar-refractivity contribution is 5.82. The Morgan fingerprint density at radius 1 is 1.31 bits per heavy atom. The predicted octanol–water partition coefficient (Wildman–Crippen LogP) is 1.34. The van der Waals surface area contributed by atoms with Gasteiger partial charge in [0.2, 0.25) is 0 Å². The van der Waals surface area contributed by atoms with Crippen LogP contribution >= 0.6 is 0 Å². The van der Waals surface area contributed by atoms with E-state index in [4.69, 9.17) is 10.2 Å². The molecule has 5 heteroatoms. The largest absolute Gasteiger partial charge is 0.508 e. The molecule has 1 unspecified atom stereocenters. The fourth-order valence-electron chi connectivity index (χ4n) is 1.37. The van der Waals surface area contributed by atoms with E-state index in [0.29, 0.717) is 5.56 Å². The number of rotatable bonds is 4. The fraction of sp³-hybridized carbons (Fsp3) is 0.273. The van der Waals surface area contributed by atoms with Crippen molar-refractivity contribution in [3.05, 3.63) is 29.3 Å². The second-order valence-corrected chi connectivity index (χ2v) is 3.53. The molecule has 0 saturated heterocycles. The Labute approximate surface area is 92.0 Å². The Kier molecular flexibility index (Phi) is 3.50. The van der Waals surface area contributed by atoms with Gasteiger partial charge in [0.25, 0.3) is 0 Å². The second-order valence-electron chi connectivity index (χ2n) is 3.53. The lowest BCUT2D eigenvalue weighted by atomic mass is 9.95. The normalized spacial score (nSPS) is 12.1. The van der Waals surface area contributed by atoms with Crippen molar-refractivity contribution in [3.8, 4) is 5.75 Å². The molecule has 1 rings (SSSR count). The summed E-state index contributed by atoms with van der Waals surface area (Å²) in [7, 11) is 0. The van der Waals surface area contributed by atoms with Crippen molar-refractivity contribution in [2.75, 3.05) is 0 Å². The lowest BCUT2D eigenvalue weighted by molar-refractivity contribution is -0.145. The second kappa shape index (κ2) is 4.65. The quantitative estimate of drug-likeness (QED) is 0.717. The van der Waals surface area contributed by atoms with E-state index in [1.165, 1.54) is 12.1 Å². The van der Waals surface area contributed by atoms with Crippen molar-refractivity contribution in [1.82, 2.24) is 0 Å². The molecule has 0 amide bonds. The number of carboxylic acid groups (broad SMARTS) is 2. The SMILES string of the molecule is Cc1ccc(C(CC(=O)O)C(=O)O)cc1O. The van der Waals surface area contributed by atoms with Gasteiger partial charge < -0.3 is 15.3 Å². The van der Waals surface area contributed by atoms with Gasteiger partial charge in [-0.15, -0.1) is 0 Å². The molecule has 0 heterocycles. The number of aromatic hydroxyl groups is 1. The van der Waals surface area contributed by atoms with Crippen LogP contribution in [0, 0.1) is 6.92 Å². The van der Waals surface area contributed by atoms with Gasteiger partial charge in [0.1, 0.15) is 5.75 Å². The Morgan fingerprint density at radius 2 is 1.94 bits per heavy atom. The van der Waals surface area contributed by atoms with Crippen LogP contribution in [0.15, 0.2) is 18.2 Å². The standard InChI is InChI=1S/C11H12O5/c1-6-2-3-7(4-9(6)12)8(11(15)16)5-10(13)14/h2-4,8,12H,5H2,1H3,(H,13,14)(H,15,16). The lowest BCUT2D eigenvalue weighted by Crippen LogP contribution is -2.15. The highest BCUT2D eigenvalue weighted by Gasteiger charge is 2.23. The Bertz CT molecular complexity index is 424. The van der Waals surface area contributed by atoms with Crippen LogP contribution in [-0.2, 0) is 9.59 Å². The average molecular weight is 224 g/mol. The van der Waals surface area contributed by atoms with Crippen LogP contribution in [0.25, 0.3) is 0 Å². The smallest absolute Gasteiger partial charge is 0.311 e. The van der Waals surface area contributed by atoms with Gasteiger partial charge >= 0.3 is 11.9 Å². The molecule has 1 aromatic carbocycles. The molecule has 0 spiro atoms. The number of benzene rings is 1. The van der Waals surface area contributed by atoms with Gasteiger partial charge in [0.15, 0.2) is 0 Å². The summed E-state index contributed by atoms with van der Waals surface area (Å²) in [5.41, 5.74) is 0.904. The van der Waals surface area contributed by atoms with Crippen LogP contribution in [0.3, 0.4) is 0 Å². The zero-order valence-corrected chi connectivity index (χ0v) is 8.67. The van der Waals surface area contributed by atoms with Gasteiger partial charge in [-0.1, -0.05) is 12.1 Å². The van der Waals surface area contributed by atoms with Crippen molar-refractivity contribution >= 4 is 11.9 Å². The van der Waals surface area contributed by atoms with Gasteiger partial charge in [-0.3, -0.25) is 9.59 Å². The molecule has 0 aliphatic rings. The molecule has 3 N–H and O–H groups in total. The maximum Gasteiger partial charge on any atom is 0.311 e. The van der Waals surface area contributed by atoms with Crippen LogP contribution in [0.1, 0.15) is 23.5 Å². The molecule has 5 nitrogen and oxygen atoms in total. The average Bonchev–Trinajstić information content (AvgIpc) is 2.18. The van der Waals surface area contributed by atoms with Crippen LogP contribution in [-0.4, -0.2) is 27.3 Å². The van der Waals surface area contributed by atoms with Gasteiger partial charge in [0.05, 0.1) is 12.3 Å². The number of aryl methyl sites for hydroxylation is 1. The first-order valence-corrected chi connectivity index (χ1v) is 4.66. The summed E-state index contributed by atoms with van der Waals surface area (Å²) in [6, 6.07) is 4.36. The lowest BCUT2D eigenvalue weighted by Gasteiger charge is -2.11. The topological polar surface area (TPSA) is 94.8 Å². The van der Waals surface area contributed by atoms with Crippen molar-refractivity contribution in [3.63, 3.8) is 0 Å². The van der Waals surface area contributed by atoms with Gasteiger partial charge in [0, 0.05) is 0 Å². The molecule has 16 heavy (non-hydrogen) atoms. The van der Waals surface area contributed by atoms with Gasteiger partial charge in [-0.05, 0) is 24.1 Å². The molecular weight excluding hydrogens is 212 g/mol. The molecule has 1 aromatic rings. The van der Waals surface area contributed by atoms with Gasteiger partial charge in [-0.25, -0.2) is 0 Å². The number of phenols is 1. The van der Waals surface area contributed by atoms with Gasteiger partial charge in [-0.2, -0.15) is 0 Å². The number of phenolic OH excluding ortho intramolecular Hbond substituents is 1. The first kappa shape index (κ1) is 12.0. The van der Waals surface area contributed by atoms with Crippen molar-refractivity contribution in [2.45, 2.75) is 19.3 Å². The molecule has 0 aliphatic heterocycles. The van der Waals surface area contributed by atoms with E-state index < -0.39 is 24.3 Å². The molecule has 0 aromatic heterocycles. The Morgan fingerprint density at radius 3 is 2.38 bits per heavy atom. The molecule has 86 valence electrons. The molecule has 0 saturated carbocycles. The number of carboxylic acids is 2. The highest BCUT2D eigenvalue weighted by Crippen LogP contribution is 2.25. The monoisotopic (exact) mass is 224 g/mol. The molecule has 0 aliphatic carbocycles. The molecule has 0 bridgehead atoms. The van der Waals surface area contributed by atoms with E-state index in [1.807, 2.05) is 0 Å². The third-order valence-electron chi connectivity index (χ3n) is 2.31.